The number of hydrogen-bond acceptors (Lipinski definition) is 4. The van der Waals surface area contributed by atoms with Gasteiger partial charge in [-0.05, 0) is 68.1 Å². The van der Waals surface area contributed by atoms with Crippen LogP contribution in [0, 0.1) is 11.6 Å². The standard InChI is InChI=1S/C27H25F5N3O4P/c1-40(2,38)22-8-4-3-6-18(22)19-13-14-21(24(29)23(19)28)35-15-5-7-20(25(35)36)34-26(37)33-16-9-11-17(12-10-16)39-27(30,31)32/h3-4,6,8-14,20H,5,7,15H2,1-2H3,(H2,33,34,37)/t20-/m1/s1. The summed E-state index contributed by atoms with van der Waals surface area (Å²) < 4.78 is 84.1. The van der Waals surface area contributed by atoms with Crippen molar-refractivity contribution in [3.8, 4) is 16.9 Å². The number of hydrogen-bond donors (Lipinski definition) is 2. The van der Waals surface area contributed by atoms with E-state index in [2.05, 4.69) is 15.4 Å². The van der Waals surface area contributed by atoms with Crippen molar-refractivity contribution in [1.82, 2.24) is 5.32 Å². The molecule has 3 aromatic carbocycles. The molecule has 3 amide bonds. The van der Waals surface area contributed by atoms with Crippen LogP contribution >= 0.6 is 7.14 Å². The molecule has 0 bridgehead atoms. The number of carbonyl (C=O) groups is 2. The number of nitrogens with zero attached hydrogens (tertiary/aromatic N) is 1. The van der Waals surface area contributed by atoms with Crippen molar-refractivity contribution in [1.29, 1.82) is 0 Å². The van der Waals surface area contributed by atoms with Crippen LogP contribution in [0.4, 0.5) is 38.1 Å². The van der Waals surface area contributed by atoms with Crippen LogP contribution in [0.25, 0.3) is 11.1 Å². The first-order valence-corrected chi connectivity index (χ1v) is 14.7. The molecule has 2 N–H and O–H groups in total. The van der Waals surface area contributed by atoms with Crippen LogP contribution in [0.1, 0.15) is 12.8 Å². The molecule has 0 aliphatic carbocycles. The molecule has 1 atom stereocenters. The Morgan fingerprint density at radius 3 is 2.30 bits per heavy atom. The minimum Gasteiger partial charge on any atom is -0.406 e. The maximum absolute atomic E-state index is 15.3. The molecule has 1 fully saturated rings. The average molecular weight is 581 g/mol. The van der Waals surface area contributed by atoms with Gasteiger partial charge >= 0.3 is 12.4 Å². The molecule has 40 heavy (non-hydrogen) atoms. The highest BCUT2D eigenvalue weighted by molar-refractivity contribution is 7.70. The molecule has 0 aromatic heterocycles. The van der Waals surface area contributed by atoms with Gasteiger partial charge in [0.2, 0.25) is 5.91 Å². The first-order chi connectivity index (χ1) is 18.7. The second kappa shape index (κ2) is 11.3. The van der Waals surface area contributed by atoms with E-state index >= 15 is 8.78 Å². The topological polar surface area (TPSA) is 87.7 Å². The number of nitrogens with one attached hydrogen (secondary N) is 2. The summed E-state index contributed by atoms with van der Waals surface area (Å²) >= 11 is 0. The molecule has 1 heterocycles. The Kier molecular flexibility index (Phi) is 8.20. The van der Waals surface area contributed by atoms with Crippen LogP contribution in [0.3, 0.4) is 0 Å². The van der Waals surface area contributed by atoms with Gasteiger partial charge in [-0.3, -0.25) is 4.79 Å². The third-order valence-corrected chi connectivity index (χ3v) is 7.77. The van der Waals surface area contributed by atoms with Crippen molar-refractivity contribution in [2.24, 2.45) is 0 Å². The summed E-state index contributed by atoms with van der Waals surface area (Å²) in [4.78, 5) is 26.6. The molecule has 212 valence electrons. The second-order valence-corrected chi connectivity index (χ2v) is 12.7. The van der Waals surface area contributed by atoms with Gasteiger partial charge in [0.05, 0.1) is 5.69 Å². The molecule has 0 spiro atoms. The SMILES string of the molecule is CP(C)(=O)c1ccccc1-c1ccc(N2CCC[C@@H](NC(=O)Nc3ccc(OC(F)(F)F)cc3)C2=O)c(F)c1F. The smallest absolute Gasteiger partial charge is 0.406 e. The molecule has 4 rings (SSSR count). The lowest BCUT2D eigenvalue weighted by Crippen LogP contribution is -2.53. The van der Waals surface area contributed by atoms with Crippen molar-refractivity contribution >= 4 is 35.8 Å². The normalized spacial score (nSPS) is 16.0. The minimum absolute atomic E-state index is 0.0880. The van der Waals surface area contributed by atoms with Crippen molar-refractivity contribution in [3.63, 3.8) is 0 Å². The Balaban J connectivity index is 1.49. The van der Waals surface area contributed by atoms with Crippen LogP contribution in [-0.4, -0.2) is 44.2 Å². The number of carbonyl (C=O) groups excluding carboxylic acids is 2. The molecule has 7 nitrogen and oxygen atoms in total. The van der Waals surface area contributed by atoms with Gasteiger partial charge in [-0.1, -0.05) is 24.3 Å². The van der Waals surface area contributed by atoms with Crippen LogP contribution < -0.4 is 25.6 Å². The van der Waals surface area contributed by atoms with E-state index in [4.69, 9.17) is 0 Å². The zero-order valence-corrected chi connectivity index (χ0v) is 22.3. The van der Waals surface area contributed by atoms with Gasteiger partial charge < -0.3 is 24.8 Å². The Morgan fingerprint density at radius 2 is 1.65 bits per heavy atom. The van der Waals surface area contributed by atoms with E-state index in [-0.39, 0.29) is 35.5 Å². The van der Waals surface area contributed by atoms with E-state index in [1.165, 1.54) is 37.6 Å². The number of urea groups is 1. The number of piperidine rings is 1. The van der Waals surface area contributed by atoms with E-state index in [1.807, 2.05) is 0 Å². The zero-order chi connectivity index (χ0) is 29.2. The Hall–Kier alpha value is -3.92. The van der Waals surface area contributed by atoms with E-state index < -0.39 is 48.9 Å². The lowest BCUT2D eigenvalue weighted by Gasteiger charge is -2.33. The highest BCUT2D eigenvalue weighted by Crippen LogP contribution is 2.40. The third kappa shape index (κ3) is 6.62. The molecular weight excluding hydrogens is 556 g/mol. The largest absolute Gasteiger partial charge is 0.573 e. The van der Waals surface area contributed by atoms with Gasteiger partial charge in [0.1, 0.15) is 18.9 Å². The number of alkyl halides is 3. The van der Waals surface area contributed by atoms with Crippen LogP contribution in [0.2, 0.25) is 0 Å². The molecule has 0 unspecified atom stereocenters. The Labute approximate surface area is 226 Å². The quantitative estimate of drug-likeness (QED) is 0.272. The van der Waals surface area contributed by atoms with Crippen molar-refractivity contribution in [3.05, 3.63) is 72.3 Å². The maximum atomic E-state index is 15.3. The molecule has 3 aromatic rings. The van der Waals surface area contributed by atoms with Gasteiger partial charge in [-0.15, -0.1) is 13.2 Å². The summed E-state index contributed by atoms with van der Waals surface area (Å²) in [6.07, 6.45) is -4.25. The summed E-state index contributed by atoms with van der Waals surface area (Å²) in [5.41, 5.74) is 0.0378. The molecular formula is C27H25F5N3O4P. The van der Waals surface area contributed by atoms with E-state index in [0.29, 0.717) is 11.7 Å². The fourth-order valence-electron chi connectivity index (χ4n) is 4.44. The number of benzene rings is 3. The predicted octanol–water partition coefficient (Wildman–Crippen LogP) is 6.10. The van der Waals surface area contributed by atoms with Crippen LogP contribution in [-0.2, 0) is 9.36 Å². The molecule has 1 saturated heterocycles. The minimum atomic E-state index is -4.86. The number of ether oxygens (including phenoxy) is 1. The van der Waals surface area contributed by atoms with E-state index in [9.17, 15) is 27.3 Å². The molecule has 0 radical (unpaired) electrons. The van der Waals surface area contributed by atoms with Gasteiger partial charge in [-0.2, -0.15) is 0 Å². The molecule has 0 saturated carbocycles. The predicted molar refractivity (Wildman–Crippen MR) is 142 cm³/mol. The maximum Gasteiger partial charge on any atom is 0.573 e. The van der Waals surface area contributed by atoms with Crippen LogP contribution in [0.15, 0.2) is 60.7 Å². The van der Waals surface area contributed by atoms with Crippen LogP contribution in [0.5, 0.6) is 5.75 Å². The average Bonchev–Trinajstić information content (AvgIpc) is 2.87. The second-order valence-electron chi connectivity index (χ2n) is 9.48. The molecule has 13 heteroatoms. The van der Waals surface area contributed by atoms with Gasteiger partial charge in [0.15, 0.2) is 11.6 Å². The number of amides is 3. The van der Waals surface area contributed by atoms with Crippen molar-refractivity contribution < 1.29 is 40.8 Å². The van der Waals surface area contributed by atoms with Crippen molar-refractivity contribution in [2.45, 2.75) is 25.2 Å². The Bertz CT molecular complexity index is 1470. The molecule has 1 aliphatic rings. The lowest BCUT2D eigenvalue weighted by molar-refractivity contribution is -0.274. The van der Waals surface area contributed by atoms with Gasteiger partial charge in [0, 0.05) is 23.1 Å². The monoisotopic (exact) mass is 581 g/mol. The first kappa shape index (κ1) is 29.1. The summed E-state index contributed by atoms with van der Waals surface area (Å²) in [5, 5.41) is 5.26. The van der Waals surface area contributed by atoms with E-state index in [1.54, 1.807) is 24.3 Å². The van der Waals surface area contributed by atoms with Gasteiger partial charge in [-0.25, -0.2) is 13.6 Å². The third-order valence-electron chi connectivity index (χ3n) is 6.22. The van der Waals surface area contributed by atoms with Crippen molar-refractivity contribution in [2.75, 3.05) is 30.1 Å². The highest BCUT2D eigenvalue weighted by atomic mass is 31.2. The van der Waals surface area contributed by atoms with Gasteiger partial charge in [0.25, 0.3) is 0 Å². The lowest BCUT2D eigenvalue weighted by atomic mass is 10.0. The first-order valence-electron chi connectivity index (χ1n) is 12.1. The highest BCUT2D eigenvalue weighted by Gasteiger charge is 2.34. The number of rotatable bonds is 6. The zero-order valence-electron chi connectivity index (χ0n) is 21.4. The fourth-order valence-corrected chi connectivity index (χ4v) is 5.66. The summed E-state index contributed by atoms with van der Waals surface area (Å²) in [7, 11) is -2.81. The number of halogens is 5. The number of anilines is 2. The summed E-state index contributed by atoms with van der Waals surface area (Å²) in [6, 6.07) is 11.5. The fraction of sp³-hybridized carbons (Fsp3) is 0.259. The Morgan fingerprint density at radius 1 is 0.975 bits per heavy atom. The summed E-state index contributed by atoms with van der Waals surface area (Å²) in [5.74, 6) is -3.59. The summed E-state index contributed by atoms with van der Waals surface area (Å²) in [6.45, 7) is 3.15. The van der Waals surface area contributed by atoms with E-state index in [0.717, 1.165) is 17.0 Å². The molecule has 1 aliphatic heterocycles.